The Hall–Kier alpha value is -1.86. The van der Waals surface area contributed by atoms with E-state index in [0.717, 1.165) is 0 Å². The maximum absolute atomic E-state index is 11.0. The SMILES string of the molecule is CC(C)(C)OC(=O)ON=NOC(=O)OC(C)(C)C. The topological polar surface area (TPSA) is 95.8 Å². The second-order valence-corrected chi connectivity index (χ2v) is 5.27. The third-order valence-electron chi connectivity index (χ3n) is 1.04. The highest BCUT2D eigenvalue weighted by atomic mass is 16.9. The average Bonchev–Trinajstić information content (AvgIpc) is 2.06. The van der Waals surface area contributed by atoms with Crippen LogP contribution in [0.15, 0.2) is 10.6 Å². The van der Waals surface area contributed by atoms with Crippen LogP contribution in [0, 0.1) is 0 Å². The molecule has 0 heterocycles. The van der Waals surface area contributed by atoms with Crippen LogP contribution < -0.4 is 0 Å². The van der Waals surface area contributed by atoms with Crippen LogP contribution in [0.1, 0.15) is 41.5 Å². The van der Waals surface area contributed by atoms with Gasteiger partial charge in [-0.1, -0.05) is 0 Å². The molecule has 0 aromatic heterocycles. The van der Waals surface area contributed by atoms with E-state index >= 15 is 0 Å². The Bertz CT molecular complexity index is 294. The van der Waals surface area contributed by atoms with Gasteiger partial charge in [0.1, 0.15) is 11.2 Å². The van der Waals surface area contributed by atoms with Gasteiger partial charge in [-0.2, -0.15) is 0 Å². The summed E-state index contributed by atoms with van der Waals surface area (Å²) in [7, 11) is 0. The molecular formula is C10H18N2O6. The van der Waals surface area contributed by atoms with Gasteiger partial charge in [0, 0.05) is 0 Å². The summed E-state index contributed by atoms with van der Waals surface area (Å²) in [4.78, 5) is 30.3. The van der Waals surface area contributed by atoms with Crippen molar-refractivity contribution in [2.45, 2.75) is 52.7 Å². The van der Waals surface area contributed by atoms with Crippen molar-refractivity contribution < 1.29 is 28.7 Å². The first-order valence-corrected chi connectivity index (χ1v) is 5.20. The maximum atomic E-state index is 11.0. The third-order valence-corrected chi connectivity index (χ3v) is 1.04. The molecule has 0 aromatic rings. The summed E-state index contributed by atoms with van der Waals surface area (Å²) in [6.45, 7) is 9.93. The minimum Gasteiger partial charge on any atom is -0.427 e. The Balaban J connectivity index is 3.92. The molecule has 0 atom stereocenters. The van der Waals surface area contributed by atoms with Gasteiger partial charge in [0.15, 0.2) is 0 Å². The number of carbonyl (C=O) groups excluding carboxylic acids is 2. The molecule has 8 nitrogen and oxygen atoms in total. The number of ether oxygens (including phenoxy) is 2. The van der Waals surface area contributed by atoms with Crippen LogP contribution in [-0.4, -0.2) is 23.5 Å². The van der Waals surface area contributed by atoms with E-state index in [0.29, 0.717) is 0 Å². The van der Waals surface area contributed by atoms with Crippen molar-refractivity contribution in [3.05, 3.63) is 0 Å². The molecule has 0 aliphatic heterocycles. The fourth-order valence-electron chi connectivity index (χ4n) is 0.637. The van der Waals surface area contributed by atoms with Crippen molar-refractivity contribution in [1.29, 1.82) is 0 Å². The summed E-state index contributed by atoms with van der Waals surface area (Å²) in [5.74, 6) is 0. The summed E-state index contributed by atoms with van der Waals surface area (Å²) in [5.41, 5.74) is -1.42. The molecule has 0 aromatic carbocycles. The molecule has 0 rings (SSSR count). The zero-order chi connectivity index (χ0) is 14.4. The van der Waals surface area contributed by atoms with Crippen molar-refractivity contribution in [3.8, 4) is 0 Å². The van der Waals surface area contributed by atoms with E-state index in [9.17, 15) is 9.59 Å². The highest BCUT2D eigenvalue weighted by Gasteiger charge is 2.19. The number of hydrogen-bond acceptors (Lipinski definition) is 8. The number of hydrogen-bond donors (Lipinski definition) is 0. The van der Waals surface area contributed by atoms with E-state index < -0.39 is 23.5 Å². The lowest BCUT2D eigenvalue weighted by Crippen LogP contribution is -2.24. The molecule has 0 amide bonds. The van der Waals surface area contributed by atoms with Gasteiger partial charge in [-0.05, 0) is 41.5 Å². The van der Waals surface area contributed by atoms with Gasteiger partial charge in [-0.15, -0.1) is 0 Å². The smallest absolute Gasteiger partial charge is 0.427 e. The van der Waals surface area contributed by atoms with Gasteiger partial charge in [-0.3, -0.25) is 9.68 Å². The highest BCUT2D eigenvalue weighted by Crippen LogP contribution is 2.09. The Morgan fingerprint density at radius 2 is 1.00 bits per heavy atom. The van der Waals surface area contributed by atoms with Gasteiger partial charge in [0.2, 0.25) is 0 Å². The van der Waals surface area contributed by atoms with Crippen molar-refractivity contribution in [2.24, 2.45) is 10.6 Å². The summed E-state index contributed by atoms with van der Waals surface area (Å²) in [5, 5.41) is 5.71. The van der Waals surface area contributed by atoms with Crippen LogP contribution in [0.25, 0.3) is 0 Å². The van der Waals surface area contributed by atoms with Crippen LogP contribution in [0.5, 0.6) is 0 Å². The van der Waals surface area contributed by atoms with Gasteiger partial charge >= 0.3 is 12.3 Å². The minimum absolute atomic E-state index is 0.710. The van der Waals surface area contributed by atoms with Gasteiger partial charge < -0.3 is 9.47 Å². The Kier molecular flexibility index (Phi) is 5.54. The molecule has 0 saturated heterocycles. The van der Waals surface area contributed by atoms with Gasteiger partial charge in [-0.25, -0.2) is 9.59 Å². The van der Waals surface area contributed by atoms with E-state index in [-0.39, 0.29) is 0 Å². The van der Waals surface area contributed by atoms with Crippen molar-refractivity contribution in [3.63, 3.8) is 0 Å². The van der Waals surface area contributed by atoms with E-state index in [1.165, 1.54) is 0 Å². The van der Waals surface area contributed by atoms with E-state index in [1.807, 2.05) is 0 Å². The van der Waals surface area contributed by atoms with E-state index in [1.54, 1.807) is 41.5 Å². The Morgan fingerprint density at radius 3 is 1.22 bits per heavy atom. The molecule has 0 aliphatic carbocycles. The zero-order valence-electron chi connectivity index (χ0n) is 11.3. The first-order valence-electron chi connectivity index (χ1n) is 5.20. The fourth-order valence-corrected chi connectivity index (χ4v) is 0.637. The highest BCUT2D eigenvalue weighted by molar-refractivity contribution is 5.60. The summed E-state index contributed by atoms with van der Waals surface area (Å²) < 4.78 is 9.48. The first kappa shape index (κ1) is 16.1. The second-order valence-electron chi connectivity index (χ2n) is 5.27. The lowest BCUT2D eigenvalue weighted by atomic mass is 10.2. The molecule has 18 heavy (non-hydrogen) atoms. The average molecular weight is 262 g/mol. The summed E-state index contributed by atoms with van der Waals surface area (Å²) in [6, 6.07) is 0. The zero-order valence-corrected chi connectivity index (χ0v) is 11.3. The largest absolute Gasteiger partial charge is 0.537 e. The minimum atomic E-state index is -1.06. The van der Waals surface area contributed by atoms with Crippen LogP contribution in [-0.2, 0) is 19.1 Å². The predicted octanol–water partition coefficient (Wildman–Crippen LogP) is 3.17. The molecule has 0 aliphatic rings. The molecule has 8 heteroatoms. The lowest BCUT2D eigenvalue weighted by Gasteiger charge is -2.17. The molecule has 0 spiro atoms. The standard InChI is InChI=1S/C10H18N2O6/c1-9(2,3)15-7(13)17-11-12-18-8(14)16-10(4,5)6/h1-6H3. The summed E-state index contributed by atoms with van der Waals surface area (Å²) >= 11 is 0. The Morgan fingerprint density at radius 1 is 0.722 bits per heavy atom. The van der Waals surface area contributed by atoms with Crippen molar-refractivity contribution in [1.82, 2.24) is 0 Å². The lowest BCUT2D eigenvalue weighted by molar-refractivity contribution is -0.0343. The molecule has 0 saturated carbocycles. The number of rotatable bonds is 2. The van der Waals surface area contributed by atoms with Crippen LogP contribution in [0.3, 0.4) is 0 Å². The summed E-state index contributed by atoms with van der Waals surface area (Å²) in [6.07, 6.45) is -2.11. The molecule has 0 bridgehead atoms. The van der Waals surface area contributed by atoms with Crippen LogP contribution in [0.2, 0.25) is 0 Å². The van der Waals surface area contributed by atoms with Crippen molar-refractivity contribution >= 4 is 12.3 Å². The monoisotopic (exact) mass is 262 g/mol. The van der Waals surface area contributed by atoms with E-state index in [4.69, 9.17) is 9.47 Å². The third kappa shape index (κ3) is 10.7. The number of nitrogens with zero attached hydrogens (tertiary/aromatic N) is 2. The fraction of sp³-hybridized carbons (Fsp3) is 0.800. The van der Waals surface area contributed by atoms with Crippen molar-refractivity contribution in [2.75, 3.05) is 0 Å². The quantitative estimate of drug-likeness (QED) is 0.431. The number of carbonyl (C=O) groups is 2. The molecular weight excluding hydrogens is 244 g/mol. The molecule has 0 N–H and O–H groups in total. The molecule has 0 fully saturated rings. The van der Waals surface area contributed by atoms with Gasteiger partial charge in [0.05, 0.1) is 10.6 Å². The van der Waals surface area contributed by atoms with E-state index in [2.05, 4.69) is 20.2 Å². The van der Waals surface area contributed by atoms with Crippen LogP contribution >= 0.6 is 0 Å². The maximum Gasteiger partial charge on any atom is 0.537 e. The normalized spacial score (nSPS) is 12.1. The first-order chi connectivity index (χ1) is 7.99. The second kappa shape index (κ2) is 6.18. The molecule has 0 unspecified atom stereocenters. The van der Waals surface area contributed by atoms with Crippen LogP contribution in [0.4, 0.5) is 9.59 Å². The molecule has 0 radical (unpaired) electrons. The Labute approximate surface area is 105 Å². The molecule has 104 valence electrons. The predicted molar refractivity (Wildman–Crippen MR) is 59.5 cm³/mol. The van der Waals surface area contributed by atoms with Gasteiger partial charge in [0.25, 0.3) is 0 Å².